The van der Waals surface area contributed by atoms with Crippen LogP contribution in [0.3, 0.4) is 0 Å². The molecule has 1 aromatic heterocycles. The first-order valence-electron chi connectivity index (χ1n) is 10.3. The Kier molecular flexibility index (Phi) is 5.21. The molecule has 1 aliphatic carbocycles. The van der Waals surface area contributed by atoms with Gasteiger partial charge in [0.15, 0.2) is 11.6 Å². The van der Waals surface area contributed by atoms with Crippen LogP contribution in [0.15, 0.2) is 4.42 Å². The van der Waals surface area contributed by atoms with E-state index in [2.05, 4.69) is 15.2 Å². The van der Waals surface area contributed by atoms with Gasteiger partial charge in [-0.15, -0.1) is 0 Å². The van der Waals surface area contributed by atoms with Gasteiger partial charge in [0.2, 0.25) is 5.91 Å². The van der Waals surface area contributed by atoms with E-state index >= 15 is 0 Å². The normalized spacial score (nSPS) is 24.8. The van der Waals surface area contributed by atoms with Crippen molar-refractivity contribution in [3.8, 4) is 0 Å². The second-order valence-electron chi connectivity index (χ2n) is 8.28. The van der Waals surface area contributed by atoms with Crippen LogP contribution in [0.2, 0.25) is 0 Å². The van der Waals surface area contributed by atoms with E-state index in [0.717, 1.165) is 64.7 Å². The lowest BCUT2D eigenvalue weighted by Gasteiger charge is -2.42. The van der Waals surface area contributed by atoms with E-state index < -0.39 is 0 Å². The topological polar surface area (TPSA) is 78.7 Å². The van der Waals surface area contributed by atoms with Crippen molar-refractivity contribution < 1.29 is 14.0 Å². The summed E-state index contributed by atoms with van der Waals surface area (Å²) < 4.78 is 5.40. The molecule has 0 radical (unpaired) electrons. The van der Waals surface area contributed by atoms with E-state index in [-0.39, 0.29) is 17.7 Å². The maximum absolute atomic E-state index is 12.7. The summed E-state index contributed by atoms with van der Waals surface area (Å²) in [6.07, 6.45) is 6.27. The number of rotatable bonds is 4. The highest BCUT2D eigenvalue weighted by Crippen LogP contribution is 2.26. The number of carbonyl (C=O) groups is 2. The number of hydrogen-bond donors (Lipinski definition) is 1. The third-order valence-electron chi connectivity index (χ3n) is 6.12. The Morgan fingerprint density at radius 2 is 1.81 bits per heavy atom. The van der Waals surface area contributed by atoms with E-state index in [4.69, 9.17) is 4.42 Å². The molecule has 0 unspecified atom stereocenters. The lowest BCUT2D eigenvalue weighted by atomic mass is 9.93. The van der Waals surface area contributed by atoms with Crippen LogP contribution in [0.1, 0.15) is 60.7 Å². The Bertz CT molecular complexity index is 704. The van der Waals surface area contributed by atoms with Crippen LogP contribution >= 0.6 is 0 Å². The molecule has 0 aromatic carbocycles. The fraction of sp³-hybridized carbons (Fsp3) is 0.750. The summed E-state index contributed by atoms with van der Waals surface area (Å²) in [5.74, 6) is 1.48. The highest BCUT2D eigenvalue weighted by Gasteiger charge is 2.35. The van der Waals surface area contributed by atoms with Gasteiger partial charge in [-0.1, -0.05) is 0 Å². The number of amides is 2. The Morgan fingerprint density at radius 1 is 1.07 bits per heavy atom. The van der Waals surface area contributed by atoms with Gasteiger partial charge in [-0.05, 0) is 52.0 Å². The Morgan fingerprint density at radius 3 is 2.44 bits per heavy atom. The maximum Gasteiger partial charge on any atom is 0.276 e. The molecule has 2 amide bonds. The molecule has 7 heteroatoms. The lowest BCUT2D eigenvalue weighted by Crippen LogP contribution is -2.51. The molecule has 4 rings (SSSR count). The number of carbonyl (C=O) groups excluding carboxylic acids is 2. The van der Waals surface area contributed by atoms with Crippen LogP contribution in [0.4, 0.5) is 0 Å². The number of nitrogens with one attached hydrogen (secondary N) is 1. The van der Waals surface area contributed by atoms with Crippen LogP contribution in [-0.4, -0.2) is 64.9 Å². The quantitative estimate of drug-likeness (QED) is 0.871. The molecule has 7 nitrogen and oxygen atoms in total. The van der Waals surface area contributed by atoms with Gasteiger partial charge in [0.25, 0.3) is 5.91 Å². The first kappa shape index (κ1) is 18.5. The van der Waals surface area contributed by atoms with Gasteiger partial charge in [-0.25, -0.2) is 4.98 Å². The second kappa shape index (κ2) is 7.62. The van der Waals surface area contributed by atoms with Crippen LogP contribution in [0.25, 0.3) is 0 Å². The van der Waals surface area contributed by atoms with Gasteiger partial charge < -0.3 is 14.6 Å². The molecular formula is C20H30N4O3. The number of hydrogen-bond acceptors (Lipinski definition) is 5. The van der Waals surface area contributed by atoms with E-state index in [1.165, 1.54) is 0 Å². The summed E-state index contributed by atoms with van der Waals surface area (Å²) in [6.45, 7) is 6.96. The van der Waals surface area contributed by atoms with Crippen LogP contribution in [0, 0.1) is 19.8 Å². The minimum absolute atomic E-state index is 0.0249. The molecule has 1 aromatic rings. The van der Waals surface area contributed by atoms with Crippen LogP contribution in [0.5, 0.6) is 0 Å². The smallest absolute Gasteiger partial charge is 0.276 e. The molecule has 0 bridgehead atoms. The SMILES string of the molecule is Cc1nc(C(=O)N2CCC(N3CCC[C@@H](C(=O)NC4CC4)C3)CC2)c(C)o1. The zero-order valence-electron chi connectivity index (χ0n) is 16.4. The van der Waals surface area contributed by atoms with E-state index in [9.17, 15) is 9.59 Å². The molecular weight excluding hydrogens is 344 g/mol. The zero-order chi connectivity index (χ0) is 19.0. The monoisotopic (exact) mass is 374 g/mol. The van der Waals surface area contributed by atoms with Crippen molar-refractivity contribution in [3.63, 3.8) is 0 Å². The fourth-order valence-corrected chi connectivity index (χ4v) is 4.41. The molecule has 3 aliphatic rings. The van der Waals surface area contributed by atoms with Gasteiger partial charge in [0.1, 0.15) is 5.76 Å². The average Bonchev–Trinajstić information content (AvgIpc) is 3.43. The van der Waals surface area contributed by atoms with Crippen molar-refractivity contribution in [1.82, 2.24) is 20.1 Å². The minimum Gasteiger partial charge on any atom is -0.445 e. The van der Waals surface area contributed by atoms with E-state index in [0.29, 0.717) is 29.4 Å². The van der Waals surface area contributed by atoms with Gasteiger partial charge in [0, 0.05) is 38.6 Å². The maximum atomic E-state index is 12.7. The Labute approximate surface area is 160 Å². The standard InChI is InChI=1S/C20H30N4O3/c1-13-18(21-14(2)27-13)20(26)23-10-7-17(8-11-23)24-9-3-4-15(12-24)19(25)22-16-5-6-16/h15-17H,3-12H2,1-2H3,(H,22,25)/t15-/m1/s1. The predicted octanol–water partition coefficient (Wildman–Crippen LogP) is 1.89. The van der Waals surface area contributed by atoms with Crippen molar-refractivity contribution in [2.24, 2.45) is 5.92 Å². The Balaban J connectivity index is 1.30. The fourth-order valence-electron chi connectivity index (χ4n) is 4.41. The summed E-state index contributed by atoms with van der Waals surface area (Å²) in [7, 11) is 0. The number of likely N-dealkylation sites (tertiary alicyclic amines) is 2. The van der Waals surface area contributed by atoms with Crippen LogP contribution in [-0.2, 0) is 4.79 Å². The summed E-state index contributed by atoms with van der Waals surface area (Å²) >= 11 is 0. The number of aryl methyl sites for hydroxylation is 2. The second-order valence-corrected chi connectivity index (χ2v) is 8.28. The first-order chi connectivity index (χ1) is 13.0. The van der Waals surface area contributed by atoms with Crippen molar-refractivity contribution in [2.45, 2.75) is 64.5 Å². The number of nitrogens with zero attached hydrogens (tertiary/aromatic N) is 3. The van der Waals surface area contributed by atoms with Gasteiger partial charge >= 0.3 is 0 Å². The third kappa shape index (κ3) is 4.18. The lowest BCUT2D eigenvalue weighted by molar-refractivity contribution is -0.127. The Hall–Kier alpha value is -1.89. The molecule has 1 saturated carbocycles. The molecule has 0 spiro atoms. The third-order valence-corrected chi connectivity index (χ3v) is 6.12. The minimum atomic E-state index is -0.0249. The molecule has 1 atom stereocenters. The number of piperidine rings is 2. The highest BCUT2D eigenvalue weighted by molar-refractivity contribution is 5.93. The van der Waals surface area contributed by atoms with Gasteiger partial charge in [0.05, 0.1) is 5.92 Å². The predicted molar refractivity (Wildman–Crippen MR) is 100 cm³/mol. The molecule has 3 fully saturated rings. The van der Waals surface area contributed by atoms with Gasteiger partial charge in [-0.2, -0.15) is 0 Å². The summed E-state index contributed by atoms with van der Waals surface area (Å²) in [5.41, 5.74) is 0.445. The van der Waals surface area contributed by atoms with E-state index in [1.807, 2.05) is 4.90 Å². The molecule has 2 aliphatic heterocycles. The van der Waals surface area contributed by atoms with Gasteiger partial charge in [-0.3, -0.25) is 14.5 Å². The van der Waals surface area contributed by atoms with Crippen molar-refractivity contribution in [3.05, 3.63) is 17.3 Å². The number of aromatic nitrogens is 1. The van der Waals surface area contributed by atoms with Crippen molar-refractivity contribution in [1.29, 1.82) is 0 Å². The highest BCUT2D eigenvalue weighted by atomic mass is 16.4. The number of oxazole rings is 1. The summed E-state index contributed by atoms with van der Waals surface area (Å²) in [5, 5.41) is 3.16. The molecule has 2 saturated heterocycles. The summed E-state index contributed by atoms with van der Waals surface area (Å²) in [4.78, 5) is 33.7. The van der Waals surface area contributed by atoms with Crippen molar-refractivity contribution >= 4 is 11.8 Å². The van der Waals surface area contributed by atoms with E-state index in [1.54, 1.807) is 13.8 Å². The largest absolute Gasteiger partial charge is 0.445 e. The zero-order valence-corrected chi connectivity index (χ0v) is 16.4. The molecule has 3 heterocycles. The van der Waals surface area contributed by atoms with Crippen molar-refractivity contribution in [2.75, 3.05) is 26.2 Å². The first-order valence-corrected chi connectivity index (χ1v) is 10.3. The molecule has 148 valence electrons. The average molecular weight is 374 g/mol. The molecule has 27 heavy (non-hydrogen) atoms. The van der Waals surface area contributed by atoms with Crippen LogP contribution < -0.4 is 5.32 Å². The summed E-state index contributed by atoms with van der Waals surface area (Å²) in [6, 6.07) is 0.900. The molecule has 1 N–H and O–H groups in total.